The number of hydrogen-bond acceptors (Lipinski definition) is 5. The fraction of sp³-hybridized carbons (Fsp3) is 0.0270. The number of benzene rings is 5. The van der Waals surface area contributed by atoms with Crippen molar-refractivity contribution in [3.05, 3.63) is 143 Å². The second-order valence-electron chi connectivity index (χ2n) is 10.2. The van der Waals surface area contributed by atoms with Crippen LogP contribution in [0.15, 0.2) is 109 Å². The first-order valence-corrected chi connectivity index (χ1v) is 14.0. The van der Waals surface area contributed by atoms with E-state index in [1.54, 1.807) is 42.5 Å². The zero-order chi connectivity index (χ0) is 32.8. The molecule has 0 atom stereocenters. The van der Waals surface area contributed by atoms with Gasteiger partial charge < -0.3 is 25.4 Å². The summed E-state index contributed by atoms with van der Waals surface area (Å²) < 4.78 is 5.69. The molecule has 0 aliphatic rings. The zero-order valence-corrected chi connectivity index (χ0v) is 24.4. The van der Waals surface area contributed by atoms with Gasteiger partial charge in [0.05, 0.1) is 35.1 Å². The minimum atomic E-state index is -1.25. The third kappa shape index (κ3) is 6.84. The van der Waals surface area contributed by atoms with Crippen molar-refractivity contribution in [2.75, 3.05) is 12.4 Å². The molecule has 0 saturated carbocycles. The lowest BCUT2D eigenvalue weighted by molar-refractivity contribution is 0.0686. The number of anilines is 1. The summed E-state index contributed by atoms with van der Waals surface area (Å²) in [5, 5.41) is 31.8. The summed E-state index contributed by atoms with van der Waals surface area (Å²) in [7, 11) is 1.36. The Labute approximate surface area is 263 Å². The van der Waals surface area contributed by atoms with Crippen LogP contribution in [-0.4, -0.2) is 46.2 Å². The topological polar surface area (TPSA) is 150 Å². The standard InChI is InChI=1S/C37H27NO8/c1-46-33-29(25-10-6-12-27(19-25)36(42)43)20-28(24-9-5-11-26(18-24)35(40)41)21-31(33)34(39)38-32-16-15-23(17-30(32)37(44)45)14-13-22-7-3-2-4-8-22/h2-21H,1H3,(H,38,39)(H,40,41)(H,42,43)(H,44,45). The van der Waals surface area contributed by atoms with Crippen LogP contribution in [0, 0.1) is 0 Å². The van der Waals surface area contributed by atoms with Crippen molar-refractivity contribution < 1.29 is 39.2 Å². The Bertz CT molecular complexity index is 2010. The van der Waals surface area contributed by atoms with Gasteiger partial charge >= 0.3 is 17.9 Å². The van der Waals surface area contributed by atoms with Crippen LogP contribution in [0.4, 0.5) is 5.69 Å². The van der Waals surface area contributed by atoms with E-state index in [1.165, 1.54) is 49.6 Å². The number of carboxylic acids is 3. The monoisotopic (exact) mass is 613 g/mol. The highest BCUT2D eigenvalue weighted by molar-refractivity contribution is 6.11. The van der Waals surface area contributed by atoms with Crippen LogP contribution in [0.1, 0.15) is 52.6 Å². The highest BCUT2D eigenvalue weighted by Gasteiger charge is 2.22. The zero-order valence-electron chi connectivity index (χ0n) is 24.4. The molecule has 1 amide bonds. The molecule has 0 radical (unpaired) electrons. The number of aromatic carboxylic acids is 3. The molecule has 9 nitrogen and oxygen atoms in total. The maximum atomic E-state index is 13.9. The summed E-state index contributed by atoms with van der Waals surface area (Å²) in [4.78, 5) is 49.6. The van der Waals surface area contributed by atoms with E-state index in [0.717, 1.165) is 5.56 Å². The van der Waals surface area contributed by atoms with Crippen molar-refractivity contribution in [2.45, 2.75) is 0 Å². The van der Waals surface area contributed by atoms with E-state index in [0.29, 0.717) is 27.8 Å². The van der Waals surface area contributed by atoms with Crippen molar-refractivity contribution in [3.63, 3.8) is 0 Å². The molecular formula is C37H27NO8. The van der Waals surface area contributed by atoms with E-state index < -0.39 is 23.8 Å². The van der Waals surface area contributed by atoms with Gasteiger partial charge in [-0.25, -0.2) is 14.4 Å². The average Bonchev–Trinajstić information content (AvgIpc) is 3.07. The van der Waals surface area contributed by atoms with Gasteiger partial charge in [0.1, 0.15) is 5.75 Å². The van der Waals surface area contributed by atoms with Crippen LogP contribution >= 0.6 is 0 Å². The predicted molar refractivity (Wildman–Crippen MR) is 175 cm³/mol. The fourth-order valence-electron chi connectivity index (χ4n) is 4.95. The lowest BCUT2D eigenvalue weighted by Gasteiger charge is -2.18. The normalized spacial score (nSPS) is 10.8. The first-order chi connectivity index (χ1) is 22.1. The third-order valence-corrected chi connectivity index (χ3v) is 7.19. The maximum absolute atomic E-state index is 13.9. The maximum Gasteiger partial charge on any atom is 0.337 e. The Kier molecular flexibility index (Phi) is 9.05. The second-order valence-corrected chi connectivity index (χ2v) is 10.2. The van der Waals surface area contributed by atoms with Crippen LogP contribution < -0.4 is 10.1 Å². The Morgan fingerprint density at radius 3 is 1.85 bits per heavy atom. The molecule has 0 unspecified atom stereocenters. The number of nitrogens with one attached hydrogen (secondary N) is 1. The van der Waals surface area contributed by atoms with E-state index in [2.05, 4.69) is 5.32 Å². The quantitative estimate of drug-likeness (QED) is 0.118. The van der Waals surface area contributed by atoms with Crippen molar-refractivity contribution >= 4 is 41.7 Å². The number of carbonyl (C=O) groups excluding carboxylic acids is 1. The lowest BCUT2D eigenvalue weighted by Crippen LogP contribution is -2.16. The van der Waals surface area contributed by atoms with E-state index in [4.69, 9.17) is 4.74 Å². The molecule has 0 saturated heterocycles. The van der Waals surface area contributed by atoms with Crippen LogP contribution in [0.2, 0.25) is 0 Å². The summed E-state index contributed by atoms with van der Waals surface area (Å²) in [6.07, 6.45) is 3.61. The third-order valence-electron chi connectivity index (χ3n) is 7.19. The van der Waals surface area contributed by atoms with Gasteiger partial charge in [0, 0.05) is 5.56 Å². The summed E-state index contributed by atoms with van der Waals surface area (Å²) in [6.45, 7) is 0. The molecule has 5 aromatic carbocycles. The highest BCUT2D eigenvalue weighted by atomic mass is 16.5. The molecule has 0 aliphatic carbocycles. The van der Waals surface area contributed by atoms with Gasteiger partial charge in [0.2, 0.25) is 0 Å². The van der Waals surface area contributed by atoms with Crippen molar-refractivity contribution in [1.29, 1.82) is 0 Å². The highest BCUT2D eigenvalue weighted by Crippen LogP contribution is 2.39. The van der Waals surface area contributed by atoms with Crippen LogP contribution in [0.25, 0.3) is 34.4 Å². The van der Waals surface area contributed by atoms with Crippen molar-refractivity contribution in [1.82, 2.24) is 0 Å². The van der Waals surface area contributed by atoms with Gasteiger partial charge in [0.15, 0.2) is 0 Å². The molecule has 0 fully saturated rings. The minimum absolute atomic E-state index is 0.0105. The summed E-state index contributed by atoms with van der Waals surface area (Å²) >= 11 is 0. The van der Waals surface area contributed by atoms with Gasteiger partial charge in [-0.2, -0.15) is 0 Å². The van der Waals surface area contributed by atoms with Gasteiger partial charge in [-0.15, -0.1) is 0 Å². The van der Waals surface area contributed by atoms with E-state index in [1.807, 2.05) is 36.4 Å². The summed E-state index contributed by atoms with van der Waals surface area (Å²) in [5.74, 6) is -4.11. The molecule has 0 spiro atoms. The molecule has 5 aromatic rings. The molecule has 0 aromatic heterocycles. The number of methoxy groups -OCH3 is 1. The SMILES string of the molecule is COc1c(C(=O)Nc2ccc(C=Cc3ccccc3)cc2C(=O)O)cc(-c2cccc(C(=O)O)c2)cc1-c1cccc(C(=O)O)c1. The average molecular weight is 614 g/mol. The van der Waals surface area contributed by atoms with Gasteiger partial charge in [-0.3, -0.25) is 4.79 Å². The molecular weight excluding hydrogens is 586 g/mol. The van der Waals surface area contributed by atoms with Crippen molar-refractivity contribution in [3.8, 4) is 28.0 Å². The van der Waals surface area contributed by atoms with Crippen molar-refractivity contribution in [2.24, 2.45) is 0 Å². The van der Waals surface area contributed by atoms with E-state index in [9.17, 15) is 34.5 Å². The lowest BCUT2D eigenvalue weighted by atomic mass is 9.93. The molecule has 4 N–H and O–H groups in total. The van der Waals surface area contributed by atoms with Crippen LogP contribution in [0.3, 0.4) is 0 Å². The fourth-order valence-corrected chi connectivity index (χ4v) is 4.95. The molecule has 0 aliphatic heterocycles. The van der Waals surface area contributed by atoms with Crippen LogP contribution in [0.5, 0.6) is 5.75 Å². The Morgan fingerprint density at radius 1 is 0.587 bits per heavy atom. The number of amides is 1. The molecule has 228 valence electrons. The van der Waals surface area contributed by atoms with E-state index in [-0.39, 0.29) is 33.7 Å². The van der Waals surface area contributed by atoms with E-state index >= 15 is 0 Å². The largest absolute Gasteiger partial charge is 0.495 e. The Morgan fingerprint density at radius 2 is 1.22 bits per heavy atom. The molecule has 46 heavy (non-hydrogen) atoms. The second kappa shape index (κ2) is 13.4. The number of carboxylic acid groups (broad SMARTS) is 3. The summed E-state index contributed by atoms with van der Waals surface area (Å²) in [5.41, 5.74) is 3.24. The number of carbonyl (C=O) groups is 4. The van der Waals surface area contributed by atoms with Gasteiger partial charge in [-0.05, 0) is 76.3 Å². The minimum Gasteiger partial charge on any atom is -0.495 e. The molecule has 0 heterocycles. The molecule has 9 heteroatoms. The Balaban J connectivity index is 1.60. The molecule has 0 bridgehead atoms. The number of ether oxygens (including phenoxy) is 1. The Hall–Kier alpha value is -6.48. The van der Waals surface area contributed by atoms with Crippen LogP contribution in [-0.2, 0) is 0 Å². The summed E-state index contributed by atoms with van der Waals surface area (Å²) in [6, 6.07) is 29.5. The number of hydrogen-bond donors (Lipinski definition) is 4. The molecule has 5 rings (SSSR count). The smallest absolute Gasteiger partial charge is 0.337 e. The first kappa shape index (κ1) is 31.0. The first-order valence-electron chi connectivity index (χ1n) is 14.0. The number of rotatable bonds is 10. The predicted octanol–water partition coefficient (Wildman–Crippen LogP) is 7.55. The van der Waals surface area contributed by atoms with Gasteiger partial charge in [0.25, 0.3) is 5.91 Å². The van der Waals surface area contributed by atoms with Gasteiger partial charge in [-0.1, -0.05) is 72.8 Å².